The van der Waals surface area contributed by atoms with Crippen molar-refractivity contribution < 1.29 is 4.74 Å². The Morgan fingerprint density at radius 2 is 1.93 bits per heavy atom. The van der Waals surface area contributed by atoms with Gasteiger partial charge in [-0.25, -0.2) is 0 Å². The quantitative estimate of drug-likeness (QED) is 0.524. The number of methoxy groups -OCH3 is 1. The van der Waals surface area contributed by atoms with Gasteiger partial charge in [0.25, 0.3) is 0 Å². The summed E-state index contributed by atoms with van der Waals surface area (Å²) in [4.78, 5) is 0. The number of hydrogen-bond donors (Lipinski definition) is 1. The maximum Gasteiger partial charge on any atom is 0.0587 e. The van der Waals surface area contributed by atoms with Crippen molar-refractivity contribution in [2.45, 2.75) is 34.1 Å². The van der Waals surface area contributed by atoms with Gasteiger partial charge in [-0.15, -0.1) is 0 Å². The molecule has 0 aromatic heterocycles. The van der Waals surface area contributed by atoms with Crippen LogP contribution >= 0.6 is 0 Å². The van der Waals surface area contributed by atoms with E-state index in [4.69, 9.17) is 4.74 Å². The Bertz CT molecular complexity index is 168. The lowest BCUT2D eigenvalue weighted by atomic mass is 9.87. The monoisotopic (exact) mass is 199 g/mol. The minimum Gasteiger partial charge on any atom is -0.383 e. The zero-order valence-electron chi connectivity index (χ0n) is 10.3. The van der Waals surface area contributed by atoms with Crippen LogP contribution in [0.25, 0.3) is 0 Å². The molecule has 0 aromatic rings. The van der Waals surface area contributed by atoms with E-state index in [-0.39, 0.29) is 0 Å². The van der Waals surface area contributed by atoms with E-state index in [2.05, 4.69) is 39.1 Å². The summed E-state index contributed by atoms with van der Waals surface area (Å²) in [6.07, 6.45) is 3.42. The molecule has 84 valence electrons. The number of nitrogens with one attached hydrogen (secondary N) is 1. The third-order valence-corrected chi connectivity index (χ3v) is 2.44. The van der Waals surface area contributed by atoms with Crippen molar-refractivity contribution in [1.82, 2.24) is 5.32 Å². The van der Waals surface area contributed by atoms with Gasteiger partial charge < -0.3 is 10.1 Å². The molecule has 0 atom stereocenters. The maximum atomic E-state index is 4.95. The van der Waals surface area contributed by atoms with Crippen LogP contribution in [0.5, 0.6) is 0 Å². The second kappa shape index (κ2) is 7.02. The van der Waals surface area contributed by atoms with E-state index in [0.717, 1.165) is 26.1 Å². The van der Waals surface area contributed by atoms with Crippen LogP contribution in [0.15, 0.2) is 11.6 Å². The van der Waals surface area contributed by atoms with Crippen molar-refractivity contribution in [2.24, 2.45) is 5.41 Å². The van der Waals surface area contributed by atoms with Gasteiger partial charge in [-0.1, -0.05) is 32.4 Å². The first-order valence-electron chi connectivity index (χ1n) is 5.35. The fraction of sp³-hybridized carbons (Fsp3) is 0.833. The Balaban J connectivity index is 3.52. The van der Waals surface area contributed by atoms with E-state index >= 15 is 0 Å². The van der Waals surface area contributed by atoms with Gasteiger partial charge in [0.2, 0.25) is 0 Å². The van der Waals surface area contributed by atoms with Crippen LogP contribution in [0.4, 0.5) is 0 Å². The van der Waals surface area contributed by atoms with Crippen molar-refractivity contribution in [1.29, 1.82) is 0 Å². The van der Waals surface area contributed by atoms with Gasteiger partial charge in [0, 0.05) is 13.7 Å². The Labute approximate surface area is 88.7 Å². The standard InChI is InChI=1S/C12H25NO/c1-11(12(2,3)4)7-6-8-13-9-10-14-5/h7,13H,6,8-10H2,1-5H3. The summed E-state index contributed by atoms with van der Waals surface area (Å²) >= 11 is 0. The van der Waals surface area contributed by atoms with Crippen LogP contribution < -0.4 is 5.32 Å². The smallest absolute Gasteiger partial charge is 0.0587 e. The number of hydrogen-bond acceptors (Lipinski definition) is 2. The van der Waals surface area contributed by atoms with Crippen molar-refractivity contribution >= 4 is 0 Å². The first-order chi connectivity index (χ1) is 6.48. The third-order valence-electron chi connectivity index (χ3n) is 2.44. The highest BCUT2D eigenvalue weighted by molar-refractivity contribution is 5.07. The van der Waals surface area contributed by atoms with E-state index in [1.165, 1.54) is 5.57 Å². The molecule has 0 saturated heterocycles. The summed E-state index contributed by atoms with van der Waals surface area (Å²) in [5, 5.41) is 3.32. The Hall–Kier alpha value is -0.340. The number of ether oxygens (including phenoxy) is 1. The Morgan fingerprint density at radius 3 is 2.43 bits per heavy atom. The molecule has 0 radical (unpaired) electrons. The van der Waals surface area contributed by atoms with Gasteiger partial charge in [-0.05, 0) is 25.3 Å². The molecule has 0 unspecified atom stereocenters. The maximum absolute atomic E-state index is 4.95. The molecular weight excluding hydrogens is 174 g/mol. The van der Waals surface area contributed by atoms with Crippen LogP contribution in [0.2, 0.25) is 0 Å². The SMILES string of the molecule is COCCNCCC=C(C)C(C)(C)C. The minimum absolute atomic E-state index is 0.312. The minimum atomic E-state index is 0.312. The largest absolute Gasteiger partial charge is 0.383 e. The van der Waals surface area contributed by atoms with Crippen LogP contribution in [0.1, 0.15) is 34.1 Å². The highest BCUT2D eigenvalue weighted by Gasteiger charge is 2.11. The lowest BCUT2D eigenvalue weighted by molar-refractivity contribution is 0.199. The molecule has 0 amide bonds. The lowest BCUT2D eigenvalue weighted by Gasteiger charge is -2.19. The molecule has 0 fully saturated rings. The van der Waals surface area contributed by atoms with Crippen LogP contribution in [-0.4, -0.2) is 26.8 Å². The van der Waals surface area contributed by atoms with Crippen LogP contribution in [0.3, 0.4) is 0 Å². The summed E-state index contributed by atoms with van der Waals surface area (Å²) in [7, 11) is 1.73. The van der Waals surface area contributed by atoms with Gasteiger partial charge in [0.15, 0.2) is 0 Å². The van der Waals surface area contributed by atoms with Gasteiger partial charge in [-0.2, -0.15) is 0 Å². The molecule has 1 N–H and O–H groups in total. The first-order valence-corrected chi connectivity index (χ1v) is 5.35. The van der Waals surface area contributed by atoms with Crippen molar-refractivity contribution in [2.75, 3.05) is 26.8 Å². The Kier molecular flexibility index (Phi) is 6.85. The second-order valence-corrected chi connectivity index (χ2v) is 4.67. The number of rotatable bonds is 6. The van der Waals surface area contributed by atoms with Gasteiger partial charge >= 0.3 is 0 Å². The van der Waals surface area contributed by atoms with Crippen LogP contribution in [-0.2, 0) is 4.74 Å². The molecule has 0 aliphatic carbocycles. The second-order valence-electron chi connectivity index (χ2n) is 4.67. The summed E-state index contributed by atoms with van der Waals surface area (Å²) < 4.78 is 4.95. The molecule has 14 heavy (non-hydrogen) atoms. The topological polar surface area (TPSA) is 21.3 Å². The normalized spacial score (nSPS) is 13.4. The molecule has 2 heteroatoms. The van der Waals surface area contributed by atoms with Crippen LogP contribution in [0, 0.1) is 5.41 Å². The van der Waals surface area contributed by atoms with Gasteiger partial charge in [0.1, 0.15) is 0 Å². The molecule has 0 aliphatic heterocycles. The highest BCUT2D eigenvalue weighted by Crippen LogP contribution is 2.24. The zero-order valence-corrected chi connectivity index (χ0v) is 10.3. The first kappa shape index (κ1) is 13.7. The molecule has 0 bridgehead atoms. The van der Waals surface area contributed by atoms with E-state index < -0.39 is 0 Å². The molecule has 2 nitrogen and oxygen atoms in total. The van der Waals surface area contributed by atoms with E-state index in [1.807, 2.05) is 0 Å². The number of allylic oxidation sites excluding steroid dienone is 1. The molecule has 0 saturated carbocycles. The lowest BCUT2D eigenvalue weighted by Crippen LogP contribution is -2.20. The van der Waals surface area contributed by atoms with Gasteiger partial charge in [0.05, 0.1) is 6.61 Å². The fourth-order valence-electron chi connectivity index (χ4n) is 0.996. The summed E-state index contributed by atoms with van der Waals surface area (Å²) in [5.74, 6) is 0. The highest BCUT2D eigenvalue weighted by atomic mass is 16.5. The van der Waals surface area contributed by atoms with Crippen molar-refractivity contribution in [3.8, 4) is 0 Å². The average molecular weight is 199 g/mol. The van der Waals surface area contributed by atoms with E-state index in [9.17, 15) is 0 Å². The summed E-state index contributed by atoms with van der Waals surface area (Å²) in [5.41, 5.74) is 1.78. The van der Waals surface area contributed by atoms with E-state index in [0.29, 0.717) is 5.41 Å². The summed E-state index contributed by atoms with van der Waals surface area (Å²) in [6.45, 7) is 11.7. The third kappa shape index (κ3) is 7.10. The summed E-state index contributed by atoms with van der Waals surface area (Å²) in [6, 6.07) is 0. The van der Waals surface area contributed by atoms with Crippen molar-refractivity contribution in [3.63, 3.8) is 0 Å². The molecule has 0 aliphatic rings. The molecule has 0 aromatic carbocycles. The zero-order chi connectivity index (χ0) is 11.0. The molecule has 0 heterocycles. The predicted octanol–water partition coefficient (Wildman–Crippen LogP) is 2.60. The molecule has 0 rings (SSSR count). The average Bonchev–Trinajstić information content (AvgIpc) is 2.09. The molecular formula is C12H25NO. The van der Waals surface area contributed by atoms with Gasteiger partial charge in [-0.3, -0.25) is 0 Å². The predicted molar refractivity (Wildman–Crippen MR) is 62.6 cm³/mol. The van der Waals surface area contributed by atoms with Crippen molar-refractivity contribution in [3.05, 3.63) is 11.6 Å². The Morgan fingerprint density at radius 1 is 1.29 bits per heavy atom. The molecule has 0 spiro atoms. The van der Waals surface area contributed by atoms with E-state index in [1.54, 1.807) is 7.11 Å². The fourth-order valence-corrected chi connectivity index (χ4v) is 0.996.